The smallest absolute Gasteiger partial charge is 0.410 e. The summed E-state index contributed by atoms with van der Waals surface area (Å²) in [5.74, 6) is 0. The maximum Gasteiger partial charge on any atom is 0.410 e. The van der Waals surface area contributed by atoms with Gasteiger partial charge in [-0.3, -0.25) is 0 Å². The molecule has 0 spiro atoms. The van der Waals surface area contributed by atoms with Crippen molar-refractivity contribution in [1.29, 1.82) is 0 Å². The molecule has 1 atom stereocenters. The Hall–Kier alpha value is -1.49. The molecule has 124 valence electrons. The summed E-state index contributed by atoms with van der Waals surface area (Å²) in [5, 5.41) is 3.46. The van der Waals surface area contributed by atoms with Gasteiger partial charge >= 0.3 is 6.09 Å². The molecular formula is C17H29N3O2. The Morgan fingerprint density at radius 3 is 2.86 bits per heavy atom. The second kappa shape index (κ2) is 7.18. The number of aryl methyl sites for hydroxylation is 1. The lowest BCUT2D eigenvalue weighted by Crippen LogP contribution is -2.40. The van der Waals surface area contributed by atoms with E-state index in [1.807, 2.05) is 25.7 Å². The van der Waals surface area contributed by atoms with Gasteiger partial charge < -0.3 is 19.5 Å². The van der Waals surface area contributed by atoms with Crippen molar-refractivity contribution in [3.8, 4) is 0 Å². The third-order valence-electron chi connectivity index (χ3n) is 4.02. The third-order valence-corrected chi connectivity index (χ3v) is 4.02. The second-order valence-electron chi connectivity index (χ2n) is 7.05. The number of ether oxygens (including phenoxy) is 1. The molecule has 0 bridgehead atoms. The van der Waals surface area contributed by atoms with Crippen molar-refractivity contribution in [3.05, 3.63) is 24.0 Å². The van der Waals surface area contributed by atoms with Crippen LogP contribution >= 0.6 is 0 Å². The molecule has 2 rings (SSSR count). The van der Waals surface area contributed by atoms with E-state index in [0.29, 0.717) is 6.04 Å². The van der Waals surface area contributed by atoms with Crippen LogP contribution in [0.3, 0.4) is 0 Å². The van der Waals surface area contributed by atoms with E-state index in [9.17, 15) is 4.79 Å². The van der Waals surface area contributed by atoms with Crippen LogP contribution in [0.5, 0.6) is 0 Å². The van der Waals surface area contributed by atoms with Crippen LogP contribution < -0.4 is 5.32 Å². The molecule has 0 saturated carbocycles. The van der Waals surface area contributed by atoms with E-state index in [1.54, 1.807) is 0 Å². The standard InChI is InChI=1S/C17H29N3O2/c1-17(2,3)22-16(21)20-12-6-7-14(20)9-10-18-13-15-8-5-11-19(15)4/h5,8,11,14,18H,6-7,9-10,12-13H2,1-4H3. The molecular weight excluding hydrogens is 278 g/mol. The molecule has 1 saturated heterocycles. The number of carbonyl (C=O) groups is 1. The molecule has 0 aromatic carbocycles. The number of hydrogen-bond donors (Lipinski definition) is 1. The molecule has 22 heavy (non-hydrogen) atoms. The Morgan fingerprint density at radius 1 is 1.45 bits per heavy atom. The fourth-order valence-corrected chi connectivity index (χ4v) is 2.86. The molecule has 1 N–H and O–H groups in total. The Bertz CT molecular complexity index is 490. The van der Waals surface area contributed by atoms with E-state index in [1.165, 1.54) is 5.69 Å². The topological polar surface area (TPSA) is 46.5 Å². The Balaban J connectivity index is 1.74. The minimum absolute atomic E-state index is 0.169. The van der Waals surface area contributed by atoms with Crippen molar-refractivity contribution in [2.45, 2.75) is 58.2 Å². The zero-order valence-electron chi connectivity index (χ0n) is 14.3. The second-order valence-corrected chi connectivity index (χ2v) is 7.05. The minimum atomic E-state index is -0.422. The van der Waals surface area contributed by atoms with Crippen molar-refractivity contribution < 1.29 is 9.53 Å². The van der Waals surface area contributed by atoms with Gasteiger partial charge in [0.05, 0.1) is 0 Å². The molecule has 5 nitrogen and oxygen atoms in total. The van der Waals surface area contributed by atoms with Crippen LogP contribution in [0.15, 0.2) is 18.3 Å². The maximum absolute atomic E-state index is 12.2. The summed E-state index contributed by atoms with van der Waals surface area (Å²) < 4.78 is 7.62. The number of rotatable bonds is 5. The van der Waals surface area contributed by atoms with Crippen molar-refractivity contribution in [3.63, 3.8) is 0 Å². The van der Waals surface area contributed by atoms with Crippen LogP contribution in [0.2, 0.25) is 0 Å². The lowest BCUT2D eigenvalue weighted by molar-refractivity contribution is 0.0220. The fourth-order valence-electron chi connectivity index (χ4n) is 2.86. The van der Waals surface area contributed by atoms with Gasteiger partial charge in [0.25, 0.3) is 0 Å². The molecule has 1 aliphatic heterocycles. The fraction of sp³-hybridized carbons (Fsp3) is 0.706. The van der Waals surface area contributed by atoms with E-state index >= 15 is 0 Å². The Kier molecular flexibility index (Phi) is 5.51. The zero-order chi connectivity index (χ0) is 16.2. The normalized spacial score (nSPS) is 18.7. The number of amides is 1. The van der Waals surface area contributed by atoms with Gasteiger partial charge in [0, 0.05) is 38.1 Å². The van der Waals surface area contributed by atoms with E-state index in [-0.39, 0.29) is 6.09 Å². The highest BCUT2D eigenvalue weighted by Crippen LogP contribution is 2.22. The molecule has 1 amide bonds. The predicted molar refractivity (Wildman–Crippen MR) is 87.7 cm³/mol. The monoisotopic (exact) mass is 307 g/mol. The molecule has 1 unspecified atom stereocenters. The minimum Gasteiger partial charge on any atom is -0.444 e. The highest BCUT2D eigenvalue weighted by Gasteiger charge is 2.31. The van der Waals surface area contributed by atoms with Crippen molar-refractivity contribution in [2.24, 2.45) is 7.05 Å². The van der Waals surface area contributed by atoms with Gasteiger partial charge in [-0.15, -0.1) is 0 Å². The first kappa shape index (κ1) is 16.9. The molecule has 1 aromatic heterocycles. The summed E-state index contributed by atoms with van der Waals surface area (Å²) in [6.45, 7) is 8.33. The molecule has 2 heterocycles. The summed E-state index contributed by atoms with van der Waals surface area (Å²) in [5.41, 5.74) is 0.852. The lowest BCUT2D eigenvalue weighted by Gasteiger charge is -2.28. The molecule has 0 radical (unpaired) electrons. The van der Waals surface area contributed by atoms with E-state index in [4.69, 9.17) is 4.74 Å². The van der Waals surface area contributed by atoms with E-state index in [2.05, 4.69) is 35.3 Å². The van der Waals surface area contributed by atoms with Gasteiger partial charge in [0.1, 0.15) is 5.60 Å². The molecule has 0 aliphatic carbocycles. The highest BCUT2D eigenvalue weighted by molar-refractivity contribution is 5.68. The SMILES string of the molecule is Cn1cccc1CNCCC1CCCN1C(=O)OC(C)(C)C. The predicted octanol–water partition coefficient (Wildman–Crippen LogP) is 2.90. The van der Waals surface area contributed by atoms with E-state index in [0.717, 1.165) is 38.9 Å². The summed E-state index contributed by atoms with van der Waals surface area (Å²) >= 11 is 0. The maximum atomic E-state index is 12.2. The van der Waals surface area contributed by atoms with Gasteiger partial charge in [-0.05, 0) is 58.7 Å². The Labute approximate surface area is 133 Å². The number of carbonyl (C=O) groups excluding carboxylic acids is 1. The lowest BCUT2D eigenvalue weighted by atomic mass is 10.1. The summed E-state index contributed by atoms with van der Waals surface area (Å²) in [7, 11) is 2.05. The molecule has 5 heteroatoms. The summed E-state index contributed by atoms with van der Waals surface area (Å²) in [6.07, 6.45) is 5.01. The van der Waals surface area contributed by atoms with Gasteiger partial charge in [0.15, 0.2) is 0 Å². The summed E-state index contributed by atoms with van der Waals surface area (Å²) in [4.78, 5) is 14.1. The van der Waals surface area contributed by atoms with Gasteiger partial charge in [-0.25, -0.2) is 4.79 Å². The molecule has 1 fully saturated rings. The molecule has 1 aromatic rings. The van der Waals surface area contributed by atoms with Crippen molar-refractivity contribution >= 4 is 6.09 Å². The summed E-state index contributed by atoms with van der Waals surface area (Å²) in [6, 6.07) is 4.48. The number of aromatic nitrogens is 1. The van der Waals surface area contributed by atoms with Gasteiger partial charge in [-0.2, -0.15) is 0 Å². The number of likely N-dealkylation sites (tertiary alicyclic amines) is 1. The third kappa shape index (κ3) is 4.77. The van der Waals surface area contributed by atoms with E-state index < -0.39 is 5.60 Å². The van der Waals surface area contributed by atoms with Crippen molar-refractivity contribution in [2.75, 3.05) is 13.1 Å². The van der Waals surface area contributed by atoms with Crippen LogP contribution in [-0.2, 0) is 18.3 Å². The number of nitrogens with zero attached hydrogens (tertiary/aromatic N) is 2. The Morgan fingerprint density at radius 2 is 2.23 bits per heavy atom. The van der Waals surface area contributed by atoms with Crippen LogP contribution in [0.1, 0.15) is 45.7 Å². The average Bonchev–Trinajstić information content (AvgIpc) is 3.02. The average molecular weight is 307 g/mol. The van der Waals surface area contributed by atoms with Crippen LogP contribution in [0, 0.1) is 0 Å². The van der Waals surface area contributed by atoms with Gasteiger partial charge in [0.2, 0.25) is 0 Å². The van der Waals surface area contributed by atoms with Crippen LogP contribution in [-0.4, -0.2) is 40.3 Å². The van der Waals surface area contributed by atoms with Crippen molar-refractivity contribution in [1.82, 2.24) is 14.8 Å². The first-order chi connectivity index (χ1) is 10.4. The highest BCUT2D eigenvalue weighted by atomic mass is 16.6. The van der Waals surface area contributed by atoms with Crippen LogP contribution in [0.4, 0.5) is 4.79 Å². The first-order valence-corrected chi connectivity index (χ1v) is 8.17. The van der Waals surface area contributed by atoms with Gasteiger partial charge in [-0.1, -0.05) is 0 Å². The quantitative estimate of drug-likeness (QED) is 0.851. The van der Waals surface area contributed by atoms with Crippen LogP contribution in [0.25, 0.3) is 0 Å². The number of hydrogen-bond acceptors (Lipinski definition) is 3. The number of nitrogens with one attached hydrogen (secondary N) is 1. The first-order valence-electron chi connectivity index (χ1n) is 8.17. The largest absolute Gasteiger partial charge is 0.444 e. The zero-order valence-corrected chi connectivity index (χ0v) is 14.3. The molecule has 1 aliphatic rings.